The molecule has 1 aliphatic heterocycles. The Morgan fingerprint density at radius 2 is 2.00 bits per heavy atom. The first-order chi connectivity index (χ1) is 9.26. The van der Waals surface area contributed by atoms with Gasteiger partial charge in [-0.1, -0.05) is 0 Å². The molecule has 0 saturated carbocycles. The van der Waals surface area contributed by atoms with Crippen molar-refractivity contribution in [3.05, 3.63) is 35.4 Å². The normalized spacial score (nSPS) is 15.8. The number of nitrogens with zero attached hydrogens (tertiary/aromatic N) is 2. The Morgan fingerprint density at radius 1 is 1.37 bits per heavy atom. The average molecular weight is 257 g/mol. The van der Waals surface area contributed by atoms with Gasteiger partial charge in [0.25, 0.3) is 5.91 Å². The Morgan fingerprint density at radius 3 is 2.53 bits per heavy atom. The van der Waals surface area contributed by atoms with Crippen LogP contribution in [-0.4, -0.2) is 36.5 Å². The number of rotatable bonds is 3. The third-order valence-corrected chi connectivity index (χ3v) is 3.61. The number of carbonyl (C=O) groups is 1. The molecule has 0 bridgehead atoms. The Hall–Kier alpha value is -1.86. The number of carbonyl (C=O) groups excluding carboxylic acids is 1. The summed E-state index contributed by atoms with van der Waals surface area (Å²) >= 11 is 0. The zero-order chi connectivity index (χ0) is 13.7. The summed E-state index contributed by atoms with van der Waals surface area (Å²) in [4.78, 5) is 14.4. The van der Waals surface area contributed by atoms with Crippen LogP contribution >= 0.6 is 0 Å². The summed E-state index contributed by atoms with van der Waals surface area (Å²) < 4.78 is 0. The maximum atomic E-state index is 12.5. The number of nitriles is 1. The highest BCUT2D eigenvalue weighted by Crippen LogP contribution is 2.16. The van der Waals surface area contributed by atoms with Gasteiger partial charge in [-0.3, -0.25) is 4.79 Å². The minimum absolute atomic E-state index is 0.0684. The average Bonchev–Trinajstić information content (AvgIpc) is 2.49. The highest BCUT2D eigenvalue weighted by molar-refractivity contribution is 5.94. The molecule has 1 amide bonds. The first-order valence-electron chi connectivity index (χ1n) is 6.78. The molecule has 0 radical (unpaired) electrons. The molecule has 1 fully saturated rings. The fraction of sp³-hybridized carbons (Fsp3) is 0.467. The Kier molecular flexibility index (Phi) is 4.53. The Balaban J connectivity index is 2.12. The van der Waals surface area contributed by atoms with Gasteiger partial charge in [0.1, 0.15) is 0 Å². The number of hydrogen-bond acceptors (Lipinski definition) is 3. The van der Waals surface area contributed by atoms with E-state index in [1.807, 2.05) is 11.8 Å². The van der Waals surface area contributed by atoms with E-state index in [0.29, 0.717) is 17.2 Å². The largest absolute Gasteiger partial charge is 0.336 e. The number of nitrogens with one attached hydrogen (secondary N) is 1. The third kappa shape index (κ3) is 3.12. The number of amides is 1. The maximum absolute atomic E-state index is 12.5. The van der Waals surface area contributed by atoms with Crippen molar-refractivity contribution in [3.8, 4) is 6.07 Å². The second kappa shape index (κ2) is 6.35. The quantitative estimate of drug-likeness (QED) is 0.898. The van der Waals surface area contributed by atoms with Crippen LogP contribution < -0.4 is 5.32 Å². The van der Waals surface area contributed by atoms with Crippen LogP contribution in [0.5, 0.6) is 0 Å². The van der Waals surface area contributed by atoms with Crippen LogP contribution in [0.4, 0.5) is 0 Å². The standard InChI is InChI=1S/C15H19N3O/c1-2-18(14-7-9-17-10-8-14)15(19)13-5-3-12(11-16)4-6-13/h3-6,14,17H,2,7-10H2,1H3. The molecule has 0 aliphatic carbocycles. The van der Waals surface area contributed by atoms with E-state index in [1.165, 1.54) is 0 Å². The van der Waals surface area contributed by atoms with Gasteiger partial charge in [-0.15, -0.1) is 0 Å². The number of benzene rings is 1. The van der Waals surface area contributed by atoms with E-state index in [2.05, 4.69) is 11.4 Å². The van der Waals surface area contributed by atoms with Crippen molar-refractivity contribution >= 4 is 5.91 Å². The molecular formula is C15H19N3O. The van der Waals surface area contributed by atoms with E-state index in [1.54, 1.807) is 24.3 Å². The molecule has 1 aliphatic rings. The molecule has 1 saturated heterocycles. The topological polar surface area (TPSA) is 56.1 Å². The predicted molar refractivity (Wildman–Crippen MR) is 73.8 cm³/mol. The van der Waals surface area contributed by atoms with Gasteiger partial charge in [-0.25, -0.2) is 0 Å². The zero-order valence-corrected chi connectivity index (χ0v) is 11.2. The molecule has 0 spiro atoms. The highest BCUT2D eigenvalue weighted by atomic mass is 16.2. The lowest BCUT2D eigenvalue weighted by molar-refractivity contribution is 0.0656. The van der Waals surface area contributed by atoms with Crippen LogP contribution in [0.3, 0.4) is 0 Å². The Bertz CT molecular complexity index is 469. The van der Waals surface area contributed by atoms with Crippen molar-refractivity contribution in [2.24, 2.45) is 0 Å². The van der Waals surface area contributed by atoms with Crippen LogP contribution in [0.1, 0.15) is 35.7 Å². The van der Waals surface area contributed by atoms with Gasteiger partial charge in [0.15, 0.2) is 0 Å². The molecular weight excluding hydrogens is 238 g/mol. The van der Waals surface area contributed by atoms with E-state index in [-0.39, 0.29) is 5.91 Å². The van der Waals surface area contributed by atoms with Gasteiger partial charge in [0, 0.05) is 18.2 Å². The van der Waals surface area contributed by atoms with E-state index in [4.69, 9.17) is 5.26 Å². The van der Waals surface area contributed by atoms with Gasteiger partial charge in [-0.2, -0.15) is 5.26 Å². The van der Waals surface area contributed by atoms with E-state index in [9.17, 15) is 4.79 Å². The first-order valence-corrected chi connectivity index (χ1v) is 6.78. The fourth-order valence-electron chi connectivity index (χ4n) is 2.54. The van der Waals surface area contributed by atoms with E-state index < -0.39 is 0 Å². The molecule has 19 heavy (non-hydrogen) atoms. The highest BCUT2D eigenvalue weighted by Gasteiger charge is 2.24. The van der Waals surface area contributed by atoms with Crippen LogP contribution in [-0.2, 0) is 0 Å². The Labute approximate surface area is 114 Å². The molecule has 100 valence electrons. The van der Waals surface area contributed by atoms with Crippen molar-refractivity contribution in [2.45, 2.75) is 25.8 Å². The monoisotopic (exact) mass is 257 g/mol. The predicted octanol–water partition coefficient (Wildman–Crippen LogP) is 1.77. The summed E-state index contributed by atoms with van der Waals surface area (Å²) in [6, 6.07) is 9.27. The minimum atomic E-state index is 0.0684. The van der Waals surface area contributed by atoms with Crippen LogP contribution in [0, 0.1) is 11.3 Å². The van der Waals surface area contributed by atoms with Crippen molar-refractivity contribution in [3.63, 3.8) is 0 Å². The molecule has 4 heteroatoms. The number of hydrogen-bond donors (Lipinski definition) is 1. The van der Waals surface area contributed by atoms with Crippen LogP contribution in [0.15, 0.2) is 24.3 Å². The lowest BCUT2D eigenvalue weighted by Crippen LogP contribution is -2.46. The molecule has 2 rings (SSSR count). The summed E-state index contributed by atoms with van der Waals surface area (Å²) in [5, 5.41) is 12.1. The molecule has 1 aromatic carbocycles. The zero-order valence-electron chi connectivity index (χ0n) is 11.2. The van der Waals surface area contributed by atoms with Gasteiger partial charge in [0.2, 0.25) is 0 Å². The lowest BCUT2D eigenvalue weighted by Gasteiger charge is -2.34. The molecule has 4 nitrogen and oxygen atoms in total. The molecule has 0 unspecified atom stereocenters. The number of piperidine rings is 1. The fourth-order valence-corrected chi connectivity index (χ4v) is 2.54. The van der Waals surface area contributed by atoms with Crippen LogP contribution in [0.2, 0.25) is 0 Å². The second-order valence-corrected chi connectivity index (χ2v) is 4.76. The summed E-state index contributed by atoms with van der Waals surface area (Å²) in [5.41, 5.74) is 1.25. The van der Waals surface area contributed by atoms with E-state index in [0.717, 1.165) is 32.5 Å². The lowest BCUT2D eigenvalue weighted by atomic mass is 10.0. The van der Waals surface area contributed by atoms with Crippen molar-refractivity contribution in [1.29, 1.82) is 5.26 Å². The van der Waals surface area contributed by atoms with Gasteiger partial charge in [0.05, 0.1) is 11.6 Å². The minimum Gasteiger partial charge on any atom is -0.336 e. The first kappa shape index (κ1) is 13.6. The molecule has 1 N–H and O–H groups in total. The van der Waals surface area contributed by atoms with Gasteiger partial charge in [-0.05, 0) is 57.1 Å². The summed E-state index contributed by atoms with van der Waals surface area (Å²) in [6.07, 6.45) is 2.02. The smallest absolute Gasteiger partial charge is 0.254 e. The summed E-state index contributed by atoms with van der Waals surface area (Å²) in [5.74, 6) is 0.0684. The maximum Gasteiger partial charge on any atom is 0.254 e. The van der Waals surface area contributed by atoms with Crippen molar-refractivity contribution in [1.82, 2.24) is 10.2 Å². The van der Waals surface area contributed by atoms with Gasteiger partial charge < -0.3 is 10.2 Å². The van der Waals surface area contributed by atoms with Crippen molar-refractivity contribution < 1.29 is 4.79 Å². The van der Waals surface area contributed by atoms with Crippen LogP contribution in [0.25, 0.3) is 0 Å². The molecule has 1 aromatic rings. The second-order valence-electron chi connectivity index (χ2n) is 4.76. The van der Waals surface area contributed by atoms with E-state index >= 15 is 0 Å². The third-order valence-electron chi connectivity index (χ3n) is 3.61. The summed E-state index contributed by atoms with van der Waals surface area (Å²) in [7, 11) is 0. The van der Waals surface area contributed by atoms with Crippen molar-refractivity contribution in [2.75, 3.05) is 19.6 Å². The SMILES string of the molecule is CCN(C(=O)c1ccc(C#N)cc1)C1CCNCC1. The molecule has 0 aromatic heterocycles. The summed E-state index contributed by atoms with van der Waals surface area (Å²) in [6.45, 7) is 4.69. The molecule has 0 atom stereocenters. The van der Waals surface area contributed by atoms with Gasteiger partial charge >= 0.3 is 0 Å². The molecule has 1 heterocycles.